The van der Waals surface area contributed by atoms with Crippen LogP contribution in [-0.4, -0.2) is 38.9 Å². The van der Waals surface area contributed by atoms with Crippen LogP contribution in [0.4, 0.5) is 0 Å². The zero-order valence-corrected chi connectivity index (χ0v) is 9.51. The van der Waals surface area contributed by atoms with Gasteiger partial charge < -0.3 is 15.4 Å². The Bertz CT molecular complexity index is 133. The molecule has 0 saturated carbocycles. The maximum absolute atomic E-state index is 5.46. The smallest absolute Gasteiger partial charge is 0.0594 e. The molecule has 3 heteroatoms. The lowest BCUT2D eigenvalue weighted by Gasteiger charge is -2.22. The molecule has 1 aliphatic rings. The Balaban J connectivity index is 1.87. The van der Waals surface area contributed by atoms with Crippen LogP contribution < -0.4 is 10.6 Å². The first-order chi connectivity index (χ1) is 6.79. The van der Waals surface area contributed by atoms with Crippen molar-refractivity contribution in [3.05, 3.63) is 0 Å². The van der Waals surface area contributed by atoms with Gasteiger partial charge in [-0.05, 0) is 52.2 Å². The molecule has 0 aromatic carbocycles. The molecule has 0 unspecified atom stereocenters. The molecule has 1 saturated heterocycles. The maximum Gasteiger partial charge on any atom is 0.0594 e. The van der Waals surface area contributed by atoms with Crippen LogP contribution in [0, 0.1) is 5.92 Å². The van der Waals surface area contributed by atoms with Gasteiger partial charge >= 0.3 is 0 Å². The first kappa shape index (κ1) is 12.0. The molecule has 84 valence electrons. The highest BCUT2D eigenvalue weighted by Crippen LogP contribution is 2.09. The van der Waals surface area contributed by atoms with E-state index in [0.29, 0.717) is 6.10 Å². The van der Waals surface area contributed by atoms with Gasteiger partial charge in [0, 0.05) is 6.54 Å². The van der Waals surface area contributed by atoms with Crippen molar-refractivity contribution in [2.24, 2.45) is 5.92 Å². The van der Waals surface area contributed by atoms with Gasteiger partial charge in [0.1, 0.15) is 0 Å². The number of hydrogen-bond donors (Lipinski definition) is 2. The van der Waals surface area contributed by atoms with E-state index in [2.05, 4.69) is 24.5 Å². The number of nitrogens with one attached hydrogen (secondary N) is 2. The SMILES string of the molecule is CC(C)OCCNCC1CCNCC1. The third-order valence-corrected chi connectivity index (χ3v) is 2.62. The standard InChI is InChI=1S/C11H24N2O/c1-10(2)14-8-7-13-9-11-3-5-12-6-4-11/h10-13H,3-9H2,1-2H3. The lowest BCUT2D eigenvalue weighted by molar-refractivity contribution is 0.0801. The summed E-state index contributed by atoms with van der Waals surface area (Å²) in [6.07, 6.45) is 2.99. The van der Waals surface area contributed by atoms with E-state index in [1.165, 1.54) is 25.9 Å². The molecule has 2 N–H and O–H groups in total. The van der Waals surface area contributed by atoms with Gasteiger partial charge in [0.05, 0.1) is 12.7 Å². The van der Waals surface area contributed by atoms with Gasteiger partial charge in [-0.15, -0.1) is 0 Å². The summed E-state index contributed by atoms with van der Waals surface area (Å²) in [5.41, 5.74) is 0. The normalized spacial score (nSPS) is 19.1. The van der Waals surface area contributed by atoms with Crippen LogP contribution in [0.15, 0.2) is 0 Å². The van der Waals surface area contributed by atoms with Crippen molar-refractivity contribution < 1.29 is 4.74 Å². The predicted octanol–water partition coefficient (Wildman–Crippen LogP) is 1.00. The van der Waals surface area contributed by atoms with E-state index in [9.17, 15) is 0 Å². The van der Waals surface area contributed by atoms with Crippen molar-refractivity contribution in [2.45, 2.75) is 32.8 Å². The molecule has 0 atom stereocenters. The van der Waals surface area contributed by atoms with Crippen molar-refractivity contribution in [1.82, 2.24) is 10.6 Å². The van der Waals surface area contributed by atoms with Crippen LogP contribution in [0.5, 0.6) is 0 Å². The molecule has 1 fully saturated rings. The highest BCUT2D eigenvalue weighted by atomic mass is 16.5. The zero-order valence-electron chi connectivity index (χ0n) is 9.51. The van der Waals surface area contributed by atoms with Gasteiger partial charge in [0.25, 0.3) is 0 Å². The van der Waals surface area contributed by atoms with Gasteiger partial charge in [0.2, 0.25) is 0 Å². The summed E-state index contributed by atoms with van der Waals surface area (Å²) < 4.78 is 5.46. The predicted molar refractivity (Wildman–Crippen MR) is 59.6 cm³/mol. The molecule has 0 aliphatic carbocycles. The summed E-state index contributed by atoms with van der Waals surface area (Å²) in [6.45, 7) is 9.51. The number of piperidine rings is 1. The quantitative estimate of drug-likeness (QED) is 0.628. The molecule has 3 nitrogen and oxygen atoms in total. The van der Waals surface area contributed by atoms with E-state index in [-0.39, 0.29) is 0 Å². The Morgan fingerprint density at radius 2 is 2.07 bits per heavy atom. The summed E-state index contributed by atoms with van der Waals surface area (Å²) in [5.74, 6) is 0.871. The first-order valence-electron chi connectivity index (χ1n) is 5.82. The van der Waals surface area contributed by atoms with Crippen molar-refractivity contribution in [3.63, 3.8) is 0 Å². The lowest BCUT2D eigenvalue weighted by atomic mass is 9.98. The Kier molecular flexibility index (Phi) is 6.15. The molecular formula is C11H24N2O. The van der Waals surface area contributed by atoms with E-state index in [0.717, 1.165) is 25.6 Å². The van der Waals surface area contributed by atoms with Crippen molar-refractivity contribution in [2.75, 3.05) is 32.8 Å². The minimum Gasteiger partial charge on any atom is -0.377 e. The largest absolute Gasteiger partial charge is 0.377 e. The van der Waals surface area contributed by atoms with E-state index in [4.69, 9.17) is 4.74 Å². The summed E-state index contributed by atoms with van der Waals surface area (Å²) in [5, 5.41) is 6.84. The summed E-state index contributed by atoms with van der Waals surface area (Å²) in [7, 11) is 0. The van der Waals surface area contributed by atoms with Gasteiger partial charge in [-0.25, -0.2) is 0 Å². The second kappa shape index (κ2) is 7.21. The van der Waals surface area contributed by atoms with E-state index < -0.39 is 0 Å². The summed E-state index contributed by atoms with van der Waals surface area (Å²) >= 11 is 0. The molecule has 0 radical (unpaired) electrons. The maximum atomic E-state index is 5.46. The Hall–Kier alpha value is -0.120. The fourth-order valence-electron chi connectivity index (χ4n) is 1.76. The molecule has 1 aliphatic heterocycles. The van der Waals surface area contributed by atoms with Crippen molar-refractivity contribution in [1.29, 1.82) is 0 Å². The molecule has 0 amide bonds. The third-order valence-electron chi connectivity index (χ3n) is 2.62. The van der Waals surface area contributed by atoms with Crippen LogP contribution in [0.1, 0.15) is 26.7 Å². The second-order valence-corrected chi connectivity index (χ2v) is 4.32. The van der Waals surface area contributed by atoms with Gasteiger partial charge in [-0.3, -0.25) is 0 Å². The molecule has 0 bridgehead atoms. The minimum absolute atomic E-state index is 0.357. The average molecular weight is 200 g/mol. The Labute approximate surface area is 87.6 Å². The molecule has 1 heterocycles. The molecule has 0 aromatic rings. The topological polar surface area (TPSA) is 33.3 Å². The average Bonchev–Trinajstić information content (AvgIpc) is 2.18. The summed E-state index contributed by atoms with van der Waals surface area (Å²) in [4.78, 5) is 0. The Morgan fingerprint density at radius 3 is 2.71 bits per heavy atom. The zero-order chi connectivity index (χ0) is 10.2. The number of hydrogen-bond acceptors (Lipinski definition) is 3. The summed E-state index contributed by atoms with van der Waals surface area (Å²) in [6, 6.07) is 0. The van der Waals surface area contributed by atoms with E-state index >= 15 is 0 Å². The monoisotopic (exact) mass is 200 g/mol. The van der Waals surface area contributed by atoms with Crippen molar-refractivity contribution >= 4 is 0 Å². The number of ether oxygens (including phenoxy) is 1. The van der Waals surface area contributed by atoms with E-state index in [1.807, 2.05) is 0 Å². The third kappa shape index (κ3) is 5.58. The molecular weight excluding hydrogens is 176 g/mol. The van der Waals surface area contributed by atoms with Gasteiger partial charge in [-0.2, -0.15) is 0 Å². The van der Waals surface area contributed by atoms with Crippen LogP contribution in [-0.2, 0) is 4.74 Å². The van der Waals surface area contributed by atoms with Crippen LogP contribution in [0.25, 0.3) is 0 Å². The number of rotatable bonds is 6. The highest BCUT2D eigenvalue weighted by molar-refractivity contribution is 4.70. The second-order valence-electron chi connectivity index (χ2n) is 4.32. The fraction of sp³-hybridized carbons (Fsp3) is 1.00. The van der Waals surface area contributed by atoms with Gasteiger partial charge in [-0.1, -0.05) is 0 Å². The van der Waals surface area contributed by atoms with Gasteiger partial charge in [0.15, 0.2) is 0 Å². The highest BCUT2D eigenvalue weighted by Gasteiger charge is 2.11. The van der Waals surface area contributed by atoms with Crippen LogP contribution in [0.3, 0.4) is 0 Å². The molecule has 1 rings (SSSR count). The fourth-order valence-corrected chi connectivity index (χ4v) is 1.76. The van der Waals surface area contributed by atoms with E-state index in [1.54, 1.807) is 0 Å². The van der Waals surface area contributed by atoms with Crippen LogP contribution >= 0.6 is 0 Å². The molecule has 0 aromatic heterocycles. The lowest BCUT2D eigenvalue weighted by Crippen LogP contribution is -2.34. The minimum atomic E-state index is 0.357. The molecule has 0 spiro atoms. The Morgan fingerprint density at radius 1 is 1.36 bits per heavy atom. The first-order valence-corrected chi connectivity index (χ1v) is 5.82. The van der Waals surface area contributed by atoms with Crippen LogP contribution in [0.2, 0.25) is 0 Å². The molecule has 14 heavy (non-hydrogen) atoms. The van der Waals surface area contributed by atoms with Crippen molar-refractivity contribution in [3.8, 4) is 0 Å².